The Kier molecular flexibility index (Phi) is 25.6. The van der Waals surface area contributed by atoms with Crippen molar-refractivity contribution >= 4 is 17.7 Å². The number of aliphatic hydroxyl groups excluding tert-OH is 20. The van der Waals surface area contributed by atoms with Crippen molar-refractivity contribution in [1.82, 2.24) is 16.0 Å². The van der Waals surface area contributed by atoms with Gasteiger partial charge in [-0.1, -0.05) is 0 Å². The molecule has 0 aromatic heterocycles. The van der Waals surface area contributed by atoms with Gasteiger partial charge < -0.3 is 180 Å². The topological polar surface area (TPSA) is 612 Å². The molecule has 0 bridgehead atoms. The summed E-state index contributed by atoms with van der Waals surface area (Å²) in [4.78, 5) is 37.0. The van der Waals surface area contributed by atoms with E-state index in [0.29, 0.717) is 0 Å². The molecule has 35 atom stereocenters. The highest BCUT2D eigenvalue weighted by molar-refractivity contribution is 5.74. The molecule has 7 fully saturated rings. The lowest BCUT2D eigenvalue weighted by Crippen LogP contribution is -2.70. The molecular weight excluding hydrogens is 1190 g/mol. The Morgan fingerprint density at radius 3 is 1.05 bits per heavy atom. The second-order valence-corrected chi connectivity index (χ2v) is 21.9. The smallest absolute Gasteiger partial charge is 0.217 e. The summed E-state index contributed by atoms with van der Waals surface area (Å²) in [6.45, 7) is -3.58. The monoisotopic (exact) mass is 1280 g/mol. The lowest BCUT2D eigenvalue weighted by molar-refractivity contribution is -0.384. The first-order valence-corrected chi connectivity index (χ1v) is 27.6. The number of carbonyl (C=O) groups excluding carboxylic acids is 3. The summed E-state index contributed by atoms with van der Waals surface area (Å²) in [6.07, 6.45) is -61.5. The summed E-state index contributed by atoms with van der Waals surface area (Å²) >= 11 is 0. The number of hydrogen-bond donors (Lipinski definition) is 23. The molecule has 0 aromatic rings. The molecule has 7 aliphatic rings. The molecule has 7 rings (SSSR count). The number of nitrogens with one attached hydrogen (secondary N) is 3. The first-order chi connectivity index (χ1) is 41.1. The van der Waals surface area contributed by atoms with Crippen LogP contribution in [0.2, 0.25) is 0 Å². The highest BCUT2D eigenvalue weighted by atomic mass is 16.8. The van der Waals surface area contributed by atoms with E-state index >= 15 is 0 Å². The van der Waals surface area contributed by atoms with E-state index in [-0.39, 0.29) is 0 Å². The van der Waals surface area contributed by atoms with Gasteiger partial charge in [0.1, 0.15) is 171 Å². The van der Waals surface area contributed by atoms with Crippen LogP contribution in [0.25, 0.3) is 0 Å². The van der Waals surface area contributed by atoms with Crippen LogP contribution in [0.4, 0.5) is 0 Å². The van der Waals surface area contributed by atoms with Gasteiger partial charge in [0.25, 0.3) is 0 Å². The van der Waals surface area contributed by atoms with Crippen LogP contribution < -0.4 is 16.0 Å². The van der Waals surface area contributed by atoms with Crippen molar-refractivity contribution in [2.45, 2.75) is 236 Å². The van der Waals surface area contributed by atoms with Gasteiger partial charge in [-0.15, -0.1) is 0 Å². The van der Waals surface area contributed by atoms with Crippen molar-refractivity contribution in [2.24, 2.45) is 0 Å². The third-order valence-corrected chi connectivity index (χ3v) is 15.7. The maximum Gasteiger partial charge on any atom is 0.217 e. The van der Waals surface area contributed by atoms with Gasteiger partial charge in [-0.25, -0.2) is 0 Å². The van der Waals surface area contributed by atoms with E-state index in [0.717, 1.165) is 20.8 Å². The number of hydrogen-bond acceptors (Lipinski definition) is 36. The second kappa shape index (κ2) is 31.1. The van der Waals surface area contributed by atoms with Crippen LogP contribution in [-0.2, 0) is 76.0 Å². The average Bonchev–Trinajstić information content (AvgIpc) is 1.20. The largest absolute Gasteiger partial charge is 0.394 e. The minimum Gasteiger partial charge on any atom is -0.394 e. The fourth-order valence-corrected chi connectivity index (χ4v) is 11.0. The summed E-state index contributed by atoms with van der Waals surface area (Å²) in [5.41, 5.74) is 0. The molecule has 39 heteroatoms. The SMILES string of the molecule is CC(=O)N[C@H]1[C@H](O[C@H]2[C@H](O)[C@@H](NC(C)=O)C(O)O[C@@H]2CO)O[C@H](CO)[C@@H](O[C@@H]2O[C@H](CO[C@H]3O[C@H](CO[C@@H]4O[C@H](CO)[C@@H](O[C@@H]5O[C@H](CO)[C@H](O)[C@H](O)[C@H]5O)[C@H](O)[C@H]4NC(C)=O)[C@@H](O)[C@H](O)[C@@H]3O)[C@@H](O)[C@H](O[C@H]3O[C@H](CO)[C@@H](O)[C@H](O)[C@@H]3O)[C@@H]2O)[C@@H]1O. The third-order valence-electron chi connectivity index (χ3n) is 15.7. The predicted octanol–water partition coefficient (Wildman–Crippen LogP) is -15.8. The van der Waals surface area contributed by atoms with Crippen LogP contribution in [0.3, 0.4) is 0 Å². The standard InChI is InChI=1S/C48H81N3O36/c1-11(57)49-21-28(64)38(16(6-54)77-42(21)74)84-44-23(51-13(3)59)30(66)40(18(8-56)81-44)86-48-37(73)41(87-47-36(72)32(68)25(61)15(5-53)79-47)27(63)20(83-48)10-76-45-34(70)33(69)26(62)19(82-45)9-75-43-22(50-12(2)58)29(65)39(17(7-55)80-43)85-46-35(71)31(67)24(60)14(4-52)78-46/h14-48,52-56,60-74H,4-10H2,1-3H3,(H,49,57)(H,50,58)(H,51,59)/t14-,15-,16-,17-,18-,19-,20-,21-,22-,23-,24+,25-,26-,27-,28-,29-,30-,31+,32+,33+,34+,35-,36+,37+,38-,39-,40-,41+,42?,43-,44+,45+,46+,47-,48+/m1/s1. The zero-order valence-corrected chi connectivity index (χ0v) is 46.6. The molecule has 0 saturated carbocycles. The summed E-state index contributed by atoms with van der Waals surface area (Å²) in [5.74, 6) is -2.38. The minimum absolute atomic E-state index is 0.732. The first-order valence-electron chi connectivity index (χ1n) is 27.6. The van der Waals surface area contributed by atoms with Crippen molar-refractivity contribution in [3.8, 4) is 0 Å². The lowest BCUT2D eigenvalue weighted by atomic mass is 9.94. The second-order valence-electron chi connectivity index (χ2n) is 21.9. The highest BCUT2D eigenvalue weighted by Gasteiger charge is 2.58. The van der Waals surface area contributed by atoms with E-state index in [2.05, 4.69) is 16.0 Å². The highest BCUT2D eigenvalue weighted by Crippen LogP contribution is 2.37. The Morgan fingerprint density at radius 1 is 0.299 bits per heavy atom. The van der Waals surface area contributed by atoms with Gasteiger partial charge >= 0.3 is 0 Å². The molecule has 3 amide bonds. The molecular formula is C48H81N3O36. The molecule has 0 aromatic carbocycles. The van der Waals surface area contributed by atoms with E-state index in [9.17, 15) is 117 Å². The Hall–Kier alpha value is -2.91. The van der Waals surface area contributed by atoms with Crippen LogP contribution in [0, 0.1) is 0 Å². The summed E-state index contributed by atoms with van der Waals surface area (Å²) in [5, 5.41) is 223. The number of carbonyl (C=O) groups is 3. The fraction of sp³-hybridized carbons (Fsp3) is 0.938. The number of rotatable bonds is 22. The molecule has 0 aliphatic carbocycles. The van der Waals surface area contributed by atoms with Crippen molar-refractivity contribution in [3.63, 3.8) is 0 Å². The third kappa shape index (κ3) is 15.9. The Bertz CT molecular complexity index is 2190. The van der Waals surface area contributed by atoms with Gasteiger partial charge in [0.2, 0.25) is 17.7 Å². The van der Waals surface area contributed by atoms with Crippen LogP contribution in [0.15, 0.2) is 0 Å². The van der Waals surface area contributed by atoms with E-state index in [1.807, 2.05) is 0 Å². The van der Waals surface area contributed by atoms with Gasteiger partial charge in [-0.3, -0.25) is 14.4 Å². The Labute approximate surface area is 492 Å². The van der Waals surface area contributed by atoms with Crippen LogP contribution in [0.1, 0.15) is 20.8 Å². The number of ether oxygens (including phenoxy) is 13. The average molecular weight is 1280 g/mol. The molecule has 23 N–H and O–H groups in total. The van der Waals surface area contributed by atoms with Crippen LogP contribution in [-0.4, -0.2) is 381 Å². The lowest BCUT2D eigenvalue weighted by Gasteiger charge is -2.50. The maximum absolute atomic E-state index is 12.6. The first kappa shape index (κ1) is 71.5. The van der Waals surface area contributed by atoms with Gasteiger partial charge in [0, 0.05) is 20.8 Å². The van der Waals surface area contributed by atoms with Crippen molar-refractivity contribution in [1.29, 1.82) is 0 Å². The molecule has 7 aliphatic heterocycles. The zero-order chi connectivity index (χ0) is 64.2. The molecule has 504 valence electrons. The summed E-state index contributed by atoms with van der Waals surface area (Å²) in [7, 11) is 0. The zero-order valence-electron chi connectivity index (χ0n) is 46.6. The molecule has 0 spiro atoms. The Morgan fingerprint density at radius 2 is 0.598 bits per heavy atom. The summed E-state index contributed by atoms with van der Waals surface area (Å²) < 4.78 is 74.7. The van der Waals surface area contributed by atoms with Crippen LogP contribution >= 0.6 is 0 Å². The van der Waals surface area contributed by atoms with Crippen LogP contribution in [0.5, 0.6) is 0 Å². The van der Waals surface area contributed by atoms with Gasteiger partial charge in [0.15, 0.2) is 44.0 Å². The maximum atomic E-state index is 12.6. The molecule has 87 heavy (non-hydrogen) atoms. The molecule has 7 saturated heterocycles. The normalized spacial score (nSPS) is 48.9. The Balaban J connectivity index is 1.10. The van der Waals surface area contributed by atoms with Gasteiger partial charge in [-0.2, -0.15) is 0 Å². The number of amides is 3. The molecule has 1 unspecified atom stereocenters. The summed E-state index contributed by atoms with van der Waals surface area (Å²) in [6, 6.07) is -4.98. The molecule has 0 radical (unpaired) electrons. The van der Waals surface area contributed by atoms with Gasteiger partial charge in [0.05, 0.1) is 46.2 Å². The minimum atomic E-state index is -2.31. The predicted molar refractivity (Wildman–Crippen MR) is 267 cm³/mol. The molecule has 39 nitrogen and oxygen atoms in total. The van der Waals surface area contributed by atoms with E-state index in [1.165, 1.54) is 0 Å². The van der Waals surface area contributed by atoms with Crippen molar-refractivity contribution in [2.75, 3.05) is 46.2 Å². The van der Waals surface area contributed by atoms with E-state index in [1.54, 1.807) is 0 Å². The van der Waals surface area contributed by atoms with E-state index < -0.39 is 279 Å². The molecule has 7 heterocycles. The quantitative estimate of drug-likeness (QED) is 0.0479. The van der Waals surface area contributed by atoms with Crippen molar-refractivity contribution in [3.05, 3.63) is 0 Å². The van der Waals surface area contributed by atoms with Crippen molar-refractivity contribution < 1.29 is 178 Å². The van der Waals surface area contributed by atoms with Gasteiger partial charge in [-0.05, 0) is 0 Å². The number of aliphatic hydroxyl groups is 20. The fourth-order valence-electron chi connectivity index (χ4n) is 11.0. The van der Waals surface area contributed by atoms with E-state index in [4.69, 9.17) is 61.6 Å².